The van der Waals surface area contributed by atoms with E-state index < -0.39 is 0 Å². The van der Waals surface area contributed by atoms with Crippen LogP contribution in [0.15, 0.2) is 22.7 Å². The Hall–Kier alpha value is -1.63. The lowest BCUT2D eigenvalue weighted by molar-refractivity contribution is 0.684. The summed E-state index contributed by atoms with van der Waals surface area (Å²) in [6.07, 6.45) is 3.31. The Kier molecular flexibility index (Phi) is 3.04. The first kappa shape index (κ1) is 10.9. The van der Waals surface area contributed by atoms with Crippen molar-refractivity contribution in [2.45, 2.75) is 17.1 Å². The van der Waals surface area contributed by atoms with E-state index in [1.165, 1.54) is 18.1 Å². The quantitative estimate of drug-likeness (QED) is 0.805. The van der Waals surface area contributed by atoms with Gasteiger partial charge in [-0.05, 0) is 18.7 Å². The van der Waals surface area contributed by atoms with Crippen molar-refractivity contribution in [3.63, 3.8) is 0 Å². The van der Waals surface area contributed by atoms with Gasteiger partial charge in [0.2, 0.25) is 5.95 Å². The maximum absolute atomic E-state index is 4.37. The summed E-state index contributed by atoms with van der Waals surface area (Å²) in [6, 6.07) is 0. The molecule has 84 valence electrons. The van der Waals surface area contributed by atoms with Crippen LogP contribution in [0.2, 0.25) is 0 Å². The largest absolute Gasteiger partial charge is 0.357 e. The molecule has 0 amide bonds. The molecule has 2 heterocycles. The molecule has 0 fully saturated rings. The molecular formula is C9H12N6S. The van der Waals surface area contributed by atoms with Crippen LogP contribution in [0.3, 0.4) is 0 Å². The lowest BCUT2D eigenvalue weighted by Crippen LogP contribution is -1.99. The Balaban J connectivity index is 2.30. The fourth-order valence-electron chi connectivity index (χ4n) is 1.11. The zero-order valence-corrected chi connectivity index (χ0v) is 10.1. The summed E-state index contributed by atoms with van der Waals surface area (Å²) in [7, 11) is 3.65. The van der Waals surface area contributed by atoms with Crippen LogP contribution in [0.25, 0.3) is 0 Å². The van der Waals surface area contributed by atoms with Crippen LogP contribution in [0.1, 0.15) is 5.56 Å². The van der Waals surface area contributed by atoms with Gasteiger partial charge in [-0.2, -0.15) is 5.10 Å². The van der Waals surface area contributed by atoms with Gasteiger partial charge in [0, 0.05) is 25.9 Å². The van der Waals surface area contributed by atoms with Gasteiger partial charge in [0.05, 0.1) is 0 Å². The van der Waals surface area contributed by atoms with E-state index in [2.05, 4.69) is 25.4 Å². The van der Waals surface area contributed by atoms with E-state index in [-0.39, 0.29) is 0 Å². The van der Waals surface area contributed by atoms with Crippen LogP contribution in [0, 0.1) is 6.92 Å². The van der Waals surface area contributed by atoms with Crippen molar-refractivity contribution in [2.75, 3.05) is 12.4 Å². The summed E-state index contributed by atoms with van der Waals surface area (Å²) < 4.78 is 1.71. The van der Waals surface area contributed by atoms with E-state index >= 15 is 0 Å². The third-order valence-corrected chi connectivity index (χ3v) is 3.17. The molecule has 0 aliphatic rings. The van der Waals surface area contributed by atoms with Crippen molar-refractivity contribution in [1.82, 2.24) is 24.7 Å². The van der Waals surface area contributed by atoms with E-state index in [0.29, 0.717) is 5.95 Å². The second-order valence-corrected chi connectivity index (χ2v) is 4.16. The Morgan fingerprint density at radius 2 is 2.19 bits per heavy atom. The molecule has 0 saturated carbocycles. The summed E-state index contributed by atoms with van der Waals surface area (Å²) in [5.41, 5.74) is 1.02. The summed E-state index contributed by atoms with van der Waals surface area (Å²) in [4.78, 5) is 12.6. The maximum Gasteiger partial charge on any atom is 0.223 e. The first-order valence-electron chi connectivity index (χ1n) is 4.74. The van der Waals surface area contributed by atoms with Crippen molar-refractivity contribution in [2.24, 2.45) is 7.05 Å². The van der Waals surface area contributed by atoms with E-state index in [1.54, 1.807) is 17.9 Å². The molecule has 0 radical (unpaired) electrons. The van der Waals surface area contributed by atoms with Gasteiger partial charge < -0.3 is 5.32 Å². The number of nitrogens with zero attached hydrogens (tertiary/aromatic N) is 5. The number of hydrogen-bond donors (Lipinski definition) is 1. The van der Waals surface area contributed by atoms with Gasteiger partial charge in [-0.3, -0.25) is 0 Å². The Labute approximate surface area is 97.5 Å². The van der Waals surface area contributed by atoms with Gasteiger partial charge in [-0.15, -0.1) is 0 Å². The zero-order valence-electron chi connectivity index (χ0n) is 9.30. The monoisotopic (exact) mass is 236 g/mol. The summed E-state index contributed by atoms with van der Waals surface area (Å²) >= 11 is 1.48. The Morgan fingerprint density at radius 1 is 1.38 bits per heavy atom. The minimum Gasteiger partial charge on any atom is -0.357 e. The predicted octanol–water partition coefficient (Wildman–Crippen LogP) is 1.11. The summed E-state index contributed by atoms with van der Waals surface area (Å²) in [6.45, 7) is 1.97. The highest BCUT2D eigenvalue weighted by Gasteiger charge is 2.08. The topological polar surface area (TPSA) is 68.5 Å². The smallest absolute Gasteiger partial charge is 0.223 e. The average molecular weight is 236 g/mol. The lowest BCUT2D eigenvalue weighted by Gasteiger charge is -2.05. The van der Waals surface area contributed by atoms with E-state index in [9.17, 15) is 0 Å². The second kappa shape index (κ2) is 4.48. The highest BCUT2D eigenvalue weighted by Crippen LogP contribution is 2.26. The van der Waals surface area contributed by atoms with E-state index in [4.69, 9.17) is 0 Å². The minimum atomic E-state index is 0.607. The molecule has 2 rings (SSSR count). The molecule has 0 aromatic carbocycles. The first-order valence-corrected chi connectivity index (χ1v) is 5.55. The molecule has 0 atom stereocenters. The molecule has 16 heavy (non-hydrogen) atoms. The number of hydrogen-bond acceptors (Lipinski definition) is 6. The Morgan fingerprint density at radius 3 is 2.81 bits per heavy atom. The number of rotatable bonds is 3. The average Bonchev–Trinajstić information content (AvgIpc) is 2.68. The molecule has 0 aliphatic heterocycles. The number of anilines is 1. The van der Waals surface area contributed by atoms with Gasteiger partial charge >= 0.3 is 0 Å². The standard InChI is InChI=1S/C9H12N6S/c1-6-4-11-8(10-2)14-7(6)16-9-12-5-13-15(9)3/h4-5H,1-3H3,(H,10,11,14). The van der Waals surface area contributed by atoms with Crippen LogP contribution in [-0.4, -0.2) is 31.8 Å². The molecule has 0 saturated heterocycles. The SMILES string of the molecule is CNc1ncc(C)c(Sc2ncnn2C)n1. The first-order chi connectivity index (χ1) is 7.70. The molecular weight excluding hydrogens is 224 g/mol. The highest BCUT2D eigenvalue weighted by molar-refractivity contribution is 7.99. The number of aryl methyl sites for hydroxylation is 2. The van der Waals surface area contributed by atoms with Crippen LogP contribution in [0.4, 0.5) is 5.95 Å². The fraction of sp³-hybridized carbons (Fsp3) is 0.333. The maximum atomic E-state index is 4.37. The Bertz CT molecular complexity index is 494. The third-order valence-electron chi connectivity index (χ3n) is 2.01. The normalized spacial score (nSPS) is 10.4. The van der Waals surface area contributed by atoms with E-state index in [1.807, 2.05) is 14.0 Å². The lowest BCUT2D eigenvalue weighted by atomic mass is 10.4. The van der Waals surface area contributed by atoms with Crippen LogP contribution >= 0.6 is 11.8 Å². The van der Waals surface area contributed by atoms with E-state index in [0.717, 1.165) is 15.7 Å². The molecule has 6 nitrogen and oxygen atoms in total. The highest BCUT2D eigenvalue weighted by atomic mass is 32.2. The summed E-state index contributed by atoms with van der Waals surface area (Å²) in [5.74, 6) is 0.607. The van der Waals surface area contributed by atoms with Crippen LogP contribution < -0.4 is 5.32 Å². The van der Waals surface area contributed by atoms with Gasteiger partial charge in [0.1, 0.15) is 11.4 Å². The summed E-state index contributed by atoms with van der Waals surface area (Å²) in [5, 5.41) is 8.61. The molecule has 0 unspecified atom stereocenters. The van der Waals surface area contributed by atoms with Crippen molar-refractivity contribution in [1.29, 1.82) is 0 Å². The third kappa shape index (κ3) is 2.13. The zero-order chi connectivity index (χ0) is 11.5. The van der Waals surface area contributed by atoms with Crippen molar-refractivity contribution >= 4 is 17.7 Å². The minimum absolute atomic E-state index is 0.607. The predicted molar refractivity (Wildman–Crippen MR) is 61.4 cm³/mol. The van der Waals surface area contributed by atoms with Gasteiger partial charge in [0.25, 0.3) is 0 Å². The van der Waals surface area contributed by atoms with Crippen molar-refractivity contribution in [3.05, 3.63) is 18.1 Å². The number of aromatic nitrogens is 5. The fourth-order valence-corrected chi connectivity index (χ4v) is 1.91. The van der Waals surface area contributed by atoms with Gasteiger partial charge in [-0.1, -0.05) is 0 Å². The molecule has 1 N–H and O–H groups in total. The molecule has 7 heteroatoms. The van der Waals surface area contributed by atoms with Crippen molar-refractivity contribution in [3.8, 4) is 0 Å². The molecule has 0 aliphatic carbocycles. The number of nitrogens with one attached hydrogen (secondary N) is 1. The van der Waals surface area contributed by atoms with Crippen molar-refractivity contribution < 1.29 is 0 Å². The van der Waals surface area contributed by atoms with Gasteiger partial charge in [0.15, 0.2) is 5.16 Å². The molecule has 2 aromatic heterocycles. The molecule has 2 aromatic rings. The van der Waals surface area contributed by atoms with Crippen LogP contribution in [0.5, 0.6) is 0 Å². The molecule has 0 bridgehead atoms. The van der Waals surface area contributed by atoms with Gasteiger partial charge in [-0.25, -0.2) is 19.6 Å². The second-order valence-electron chi connectivity index (χ2n) is 3.20. The van der Waals surface area contributed by atoms with Crippen LogP contribution in [-0.2, 0) is 7.05 Å². The molecule has 0 spiro atoms.